The molecule has 0 aliphatic heterocycles. The van der Waals surface area contributed by atoms with Gasteiger partial charge in [-0.25, -0.2) is 9.41 Å². The number of aromatic nitrogens is 2. The van der Waals surface area contributed by atoms with Crippen molar-refractivity contribution in [2.45, 2.75) is 6.92 Å². The van der Waals surface area contributed by atoms with Crippen LogP contribution in [0.25, 0.3) is 49.3 Å². The van der Waals surface area contributed by atoms with E-state index >= 15 is 0 Å². The lowest BCUT2D eigenvalue weighted by molar-refractivity contribution is -0.660. The molecule has 3 aromatic heterocycles. The van der Waals surface area contributed by atoms with E-state index in [-0.39, 0.29) is 0 Å². The van der Waals surface area contributed by atoms with Crippen molar-refractivity contribution < 1.29 is 8.98 Å². The van der Waals surface area contributed by atoms with Crippen molar-refractivity contribution >= 4 is 27.6 Å². The molecule has 0 aliphatic carbocycles. The first-order chi connectivity index (χ1) is 14.2. The number of rotatable bonds is 2. The Morgan fingerprint density at radius 2 is 1.83 bits per heavy atom. The first kappa shape index (κ1) is 17.2. The van der Waals surface area contributed by atoms with Gasteiger partial charge in [0.25, 0.3) is 0 Å². The van der Waals surface area contributed by atoms with Crippen LogP contribution in [-0.2, 0) is 7.05 Å². The Hall–Kier alpha value is -3.97. The van der Waals surface area contributed by atoms with Gasteiger partial charge in [-0.15, -0.1) is 0 Å². The van der Waals surface area contributed by atoms with Crippen molar-refractivity contribution in [3.63, 3.8) is 0 Å². The Labute approximate surface area is 168 Å². The average molecular weight is 376 g/mol. The highest BCUT2D eigenvalue weighted by Gasteiger charge is 2.21. The minimum Gasteiger partial charge on any atom is -0.454 e. The van der Waals surface area contributed by atoms with E-state index in [1.807, 2.05) is 37.5 Å². The van der Waals surface area contributed by atoms with Crippen molar-refractivity contribution in [2.75, 3.05) is 0 Å². The summed E-state index contributed by atoms with van der Waals surface area (Å²) in [6.45, 7) is 9.40. The Morgan fingerprint density at radius 3 is 2.66 bits per heavy atom. The van der Waals surface area contributed by atoms with Crippen LogP contribution in [0.5, 0.6) is 0 Å². The largest absolute Gasteiger partial charge is 0.454 e. The Morgan fingerprint density at radius 1 is 0.966 bits per heavy atom. The summed E-state index contributed by atoms with van der Waals surface area (Å²) in [5.74, 6) is 0. The molecule has 0 bridgehead atoms. The molecule has 0 N–H and O–H groups in total. The Bertz CT molecular complexity index is 1440. The number of fused-ring (bicyclic) bond motifs is 3. The molecule has 4 heteroatoms. The van der Waals surface area contributed by atoms with E-state index in [9.17, 15) is 0 Å². The number of hydrogen-bond acceptors (Lipinski definition) is 2. The average Bonchev–Trinajstić information content (AvgIpc) is 3.13. The topological polar surface area (TPSA) is 34.3 Å². The molecule has 0 fully saturated rings. The molecular weight excluding hydrogens is 358 g/mol. The fourth-order valence-corrected chi connectivity index (χ4v) is 3.90. The number of aryl methyl sites for hydroxylation is 2. The maximum Gasteiger partial charge on any atom is 0.216 e. The number of nitrogens with zero attached hydrogens (tertiary/aromatic N) is 3. The standard InChI is InChI=1S/C25H18N3O/c1-16-10-11-19-18-7-6-8-20(21-15-17(26-2)12-13-27-21)24(18)29-25(19)23(16)22-9-4-5-14-28(22)3/h4-15H,1,3H3/q+1. The molecule has 4 nitrogen and oxygen atoms in total. The first-order valence-corrected chi connectivity index (χ1v) is 9.41. The van der Waals surface area contributed by atoms with Crippen LogP contribution in [0.4, 0.5) is 5.69 Å². The van der Waals surface area contributed by atoms with Gasteiger partial charge in [0, 0.05) is 34.7 Å². The van der Waals surface area contributed by atoms with Gasteiger partial charge >= 0.3 is 0 Å². The second kappa shape index (κ2) is 6.57. The molecule has 0 radical (unpaired) electrons. The molecule has 0 saturated carbocycles. The van der Waals surface area contributed by atoms with Crippen molar-refractivity contribution in [2.24, 2.45) is 7.05 Å². The molecule has 0 spiro atoms. The summed E-state index contributed by atoms with van der Waals surface area (Å²) in [6, 6.07) is 20.0. The van der Waals surface area contributed by atoms with Gasteiger partial charge < -0.3 is 4.42 Å². The van der Waals surface area contributed by atoms with E-state index in [2.05, 4.69) is 45.6 Å². The zero-order valence-electron chi connectivity index (χ0n) is 16.2. The number of benzene rings is 2. The summed E-state index contributed by atoms with van der Waals surface area (Å²) in [5.41, 5.74) is 7.22. The van der Waals surface area contributed by atoms with Crippen molar-refractivity contribution in [3.8, 4) is 22.5 Å². The minimum absolute atomic E-state index is 0.566. The number of hydrogen-bond donors (Lipinski definition) is 0. The van der Waals surface area contributed by atoms with Gasteiger partial charge in [0.1, 0.15) is 18.2 Å². The van der Waals surface area contributed by atoms with Gasteiger partial charge in [-0.3, -0.25) is 4.98 Å². The molecule has 29 heavy (non-hydrogen) atoms. The van der Waals surface area contributed by atoms with Gasteiger partial charge in [-0.1, -0.05) is 24.3 Å². The second-order valence-corrected chi connectivity index (χ2v) is 7.13. The summed E-state index contributed by atoms with van der Waals surface area (Å²) in [5, 5.41) is 2.12. The highest BCUT2D eigenvalue weighted by molar-refractivity contribution is 6.13. The highest BCUT2D eigenvalue weighted by atomic mass is 16.3. The SMILES string of the molecule is [C-]#[N+]c1ccnc(-c2cccc3c2oc2c(-c4cccc[n+]4C)c(C)ccc23)c1. The summed E-state index contributed by atoms with van der Waals surface area (Å²) < 4.78 is 8.61. The van der Waals surface area contributed by atoms with E-state index in [1.165, 1.54) is 0 Å². The van der Waals surface area contributed by atoms with Crippen LogP contribution in [0.15, 0.2) is 77.5 Å². The summed E-state index contributed by atoms with van der Waals surface area (Å²) in [4.78, 5) is 8.01. The van der Waals surface area contributed by atoms with Gasteiger partial charge in [0.05, 0.1) is 17.8 Å². The molecule has 0 atom stereocenters. The zero-order valence-corrected chi connectivity index (χ0v) is 16.2. The van der Waals surface area contributed by atoms with E-state index in [1.54, 1.807) is 18.3 Å². The van der Waals surface area contributed by atoms with Crippen LogP contribution >= 0.6 is 0 Å². The fourth-order valence-electron chi connectivity index (χ4n) is 3.90. The predicted molar refractivity (Wildman–Crippen MR) is 115 cm³/mol. The number of furan rings is 1. The smallest absolute Gasteiger partial charge is 0.216 e. The van der Waals surface area contributed by atoms with Crippen molar-refractivity contribution in [3.05, 3.63) is 90.0 Å². The molecule has 5 aromatic rings. The van der Waals surface area contributed by atoms with Gasteiger partial charge in [-0.05, 0) is 36.8 Å². The van der Waals surface area contributed by atoms with Crippen molar-refractivity contribution in [1.29, 1.82) is 0 Å². The van der Waals surface area contributed by atoms with Crippen LogP contribution < -0.4 is 4.57 Å². The van der Waals surface area contributed by atoms with E-state index in [0.717, 1.165) is 50.0 Å². The molecular formula is C25H18N3O+. The molecule has 5 rings (SSSR count). The maximum atomic E-state index is 7.29. The quantitative estimate of drug-likeness (QED) is 0.280. The first-order valence-electron chi connectivity index (χ1n) is 9.41. The monoisotopic (exact) mass is 376 g/mol. The molecule has 3 heterocycles. The molecule has 0 saturated heterocycles. The molecule has 138 valence electrons. The Kier molecular flexibility index (Phi) is 3.89. The fraction of sp³-hybridized carbons (Fsp3) is 0.0800. The summed E-state index contributed by atoms with van der Waals surface area (Å²) in [7, 11) is 2.04. The van der Waals surface area contributed by atoms with E-state index in [4.69, 9.17) is 11.0 Å². The van der Waals surface area contributed by atoms with Crippen LogP contribution in [0.2, 0.25) is 0 Å². The normalized spacial score (nSPS) is 11.1. The maximum absolute atomic E-state index is 7.29. The zero-order chi connectivity index (χ0) is 20.0. The molecule has 2 aromatic carbocycles. The second-order valence-electron chi connectivity index (χ2n) is 7.13. The third-order valence-electron chi connectivity index (χ3n) is 5.33. The lowest BCUT2D eigenvalue weighted by Gasteiger charge is -2.05. The third-order valence-corrected chi connectivity index (χ3v) is 5.33. The molecule has 0 aliphatic rings. The van der Waals surface area contributed by atoms with E-state index in [0.29, 0.717) is 5.69 Å². The molecule has 0 amide bonds. The van der Waals surface area contributed by atoms with Gasteiger partial charge in [0.15, 0.2) is 11.9 Å². The van der Waals surface area contributed by atoms with Crippen LogP contribution in [0.1, 0.15) is 5.56 Å². The Balaban J connectivity index is 1.86. The minimum atomic E-state index is 0.566. The highest BCUT2D eigenvalue weighted by Crippen LogP contribution is 2.40. The van der Waals surface area contributed by atoms with E-state index < -0.39 is 0 Å². The third kappa shape index (κ3) is 2.67. The van der Waals surface area contributed by atoms with Gasteiger partial charge in [0.2, 0.25) is 5.69 Å². The summed E-state index contributed by atoms with van der Waals surface area (Å²) in [6.07, 6.45) is 3.71. The van der Waals surface area contributed by atoms with Crippen molar-refractivity contribution in [1.82, 2.24) is 4.98 Å². The summed E-state index contributed by atoms with van der Waals surface area (Å²) >= 11 is 0. The van der Waals surface area contributed by atoms with Gasteiger partial charge in [-0.2, -0.15) is 0 Å². The van der Waals surface area contributed by atoms with Crippen LogP contribution in [0.3, 0.4) is 0 Å². The number of pyridine rings is 2. The van der Waals surface area contributed by atoms with Crippen LogP contribution in [-0.4, -0.2) is 4.98 Å². The predicted octanol–water partition coefficient (Wildman–Crippen LogP) is 6.00. The molecule has 0 unspecified atom stereocenters. The lowest BCUT2D eigenvalue weighted by atomic mass is 10.00. The number of para-hydroxylation sites is 1. The lowest BCUT2D eigenvalue weighted by Crippen LogP contribution is -2.30. The van der Waals surface area contributed by atoms with Crippen LogP contribution in [0, 0.1) is 13.5 Å².